The first kappa shape index (κ1) is 18.7. The van der Waals surface area contributed by atoms with Gasteiger partial charge in [0, 0.05) is 23.2 Å². The number of hydrogen-bond acceptors (Lipinski definition) is 4. The summed E-state index contributed by atoms with van der Waals surface area (Å²) in [7, 11) is 1.60. The smallest absolute Gasteiger partial charge is 0.497 e. The van der Waals surface area contributed by atoms with E-state index in [-0.39, 0.29) is 16.4 Å². The minimum absolute atomic E-state index is 0.0849. The molecule has 0 spiro atoms. The highest BCUT2D eigenvalue weighted by Crippen LogP contribution is 2.45. The second kappa shape index (κ2) is 6.74. The molecule has 28 heavy (non-hydrogen) atoms. The first-order chi connectivity index (χ1) is 13.3. The molecule has 0 saturated carbocycles. The van der Waals surface area contributed by atoms with Gasteiger partial charge in [0.1, 0.15) is 16.4 Å². The van der Waals surface area contributed by atoms with Gasteiger partial charge in [-0.05, 0) is 43.2 Å². The van der Waals surface area contributed by atoms with Gasteiger partial charge in [-0.2, -0.15) is 0 Å². The van der Waals surface area contributed by atoms with Crippen LogP contribution in [0.4, 0.5) is 24.5 Å². The number of nitrogens with zero attached hydrogens (tertiary/aromatic N) is 2. The summed E-state index contributed by atoms with van der Waals surface area (Å²) in [6, 6.07) is 10.2. The highest BCUT2D eigenvalue weighted by molar-refractivity contribution is 6.31. The third kappa shape index (κ3) is 3.20. The van der Waals surface area contributed by atoms with Crippen LogP contribution in [-0.2, 0) is 6.42 Å². The van der Waals surface area contributed by atoms with Crippen LogP contribution in [0.5, 0.6) is 11.5 Å². The summed E-state index contributed by atoms with van der Waals surface area (Å²) in [6.07, 6.45) is -4.17. The minimum Gasteiger partial charge on any atom is -0.497 e. The summed E-state index contributed by atoms with van der Waals surface area (Å²) in [5.41, 5.74) is 3.58. The fourth-order valence-corrected chi connectivity index (χ4v) is 3.89. The molecule has 0 atom stereocenters. The zero-order valence-corrected chi connectivity index (χ0v) is 15.9. The van der Waals surface area contributed by atoms with Gasteiger partial charge in [0.15, 0.2) is 5.75 Å². The Hall–Kier alpha value is -2.67. The van der Waals surface area contributed by atoms with Crippen molar-refractivity contribution < 1.29 is 22.6 Å². The minimum atomic E-state index is -4.81. The molecule has 1 aliphatic heterocycles. The zero-order valence-electron chi connectivity index (χ0n) is 15.1. The van der Waals surface area contributed by atoms with Gasteiger partial charge in [-0.15, -0.1) is 13.2 Å². The van der Waals surface area contributed by atoms with E-state index in [1.165, 1.54) is 12.1 Å². The summed E-state index contributed by atoms with van der Waals surface area (Å²) in [5, 5.41) is 0.753. The van der Waals surface area contributed by atoms with Gasteiger partial charge in [-0.1, -0.05) is 23.7 Å². The fourth-order valence-electron chi connectivity index (χ4n) is 3.63. The van der Waals surface area contributed by atoms with E-state index in [4.69, 9.17) is 16.3 Å². The predicted octanol–water partition coefficient (Wildman–Crippen LogP) is 5.80. The van der Waals surface area contributed by atoms with E-state index in [9.17, 15) is 13.2 Å². The number of alkyl halides is 3. The van der Waals surface area contributed by atoms with Crippen LogP contribution in [-0.4, -0.2) is 25.0 Å². The normalized spacial score (nSPS) is 13.7. The van der Waals surface area contributed by atoms with E-state index in [0.717, 1.165) is 28.3 Å². The van der Waals surface area contributed by atoms with Crippen molar-refractivity contribution in [1.29, 1.82) is 0 Å². The molecule has 0 unspecified atom stereocenters. The molecule has 1 aromatic heterocycles. The molecule has 2 aromatic carbocycles. The lowest BCUT2D eigenvalue weighted by molar-refractivity contribution is -0.274. The first-order valence-electron chi connectivity index (χ1n) is 8.57. The van der Waals surface area contributed by atoms with Crippen molar-refractivity contribution in [3.8, 4) is 11.5 Å². The SMILES string of the molecule is COc1ccc(N2CCc3c(Cl)nc4c(OC(F)(F)F)cccc4c32)c(C)c1. The summed E-state index contributed by atoms with van der Waals surface area (Å²) in [4.78, 5) is 6.26. The molecule has 2 heterocycles. The Morgan fingerprint density at radius 2 is 1.96 bits per heavy atom. The average Bonchev–Trinajstić information content (AvgIpc) is 3.07. The van der Waals surface area contributed by atoms with Gasteiger partial charge in [-0.25, -0.2) is 4.98 Å². The van der Waals surface area contributed by atoms with Crippen molar-refractivity contribution in [2.24, 2.45) is 0 Å². The summed E-state index contributed by atoms with van der Waals surface area (Å²) >= 11 is 6.34. The van der Waals surface area contributed by atoms with Crippen molar-refractivity contribution >= 4 is 33.9 Å². The van der Waals surface area contributed by atoms with Gasteiger partial charge < -0.3 is 14.4 Å². The van der Waals surface area contributed by atoms with Gasteiger partial charge in [-0.3, -0.25) is 0 Å². The lowest BCUT2D eigenvalue weighted by atomic mass is 10.1. The number of rotatable bonds is 3. The van der Waals surface area contributed by atoms with E-state index in [2.05, 4.69) is 14.6 Å². The number of aromatic nitrogens is 1. The van der Waals surface area contributed by atoms with Crippen LogP contribution in [0.15, 0.2) is 36.4 Å². The number of pyridine rings is 1. The molecule has 0 N–H and O–H groups in total. The maximum Gasteiger partial charge on any atom is 0.573 e. The van der Waals surface area contributed by atoms with Crippen LogP contribution in [0.25, 0.3) is 10.9 Å². The Labute approximate surface area is 164 Å². The topological polar surface area (TPSA) is 34.6 Å². The van der Waals surface area contributed by atoms with E-state index in [1.54, 1.807) is 13.2 Å². The number of para-hydroxylation sites is 1. The lowest BCUT2D eigenvalue weighted by Crippen LogP contribution is -2.18. The number of benzene rings is 2. The van der Waals surface area contributed by atoms with Crippen molar-refractivity contribution in [1.82, 2.24) is 4.98 Å². The molecule has 0 radical (unpaired) electrons. The van der Waals surface area contributed by atoms with Gasteiger partial charge in [0.05, 0.1) is 12.8 Å². The van der Waals surface area contributed by atoms with Crippen LogP contribution in [0.3, 0.4) is 0 Å². The number of anilines is 2. The standard InChI is InChI=1S/C20H16ClF3N2O2/c1-11-10-12(27-2)6-7-15(11)26-9-8-14-18(26)13-4-3-5-16(28-20(22,23)24)17(13)25-19(14)21/h3-7,10H,8-9H2,1-2H3. The Kier molecular flexibility index (Phi) is 4.50. The quantitative estimate of drug-likeness (QED) is 0.513. The third-order valence-electron chi connectivity index (χ3n) is 4.77. The Morgan fingerprint density at radius 3 is 2.64 bits per heavy atom. The molecule has 3 aromatic rings. The number of hydrogen-bond donors (Lipinski definition) is 0. The summed E-state index contributed by atoms with van der Waals surface area (Å²) in [6.45, 7) is 2.60. The molecule has 4 nitrogen and oxygen atoms in total. The number of ether oxygens (including phenoxy) is 2. The van der Waals surface area contributed by atoms with Gasteiger partial charge >= 0.3 is 6.36 Å². The van der Waals surface area contributed by atoms with Crippen molar-refractivity contribution in [2.75, 3.05) is 18.6 Å². The number of aryl methyl sites for hydroxylation is 1. The number of halogens is 4. The molecule has 0 fully saturated rings. The van der Waals surface area contributed by atoms with Gasteiger partial charge in [0.25, 0.3) is 0 Å². The molecule has 0 bridgehead atoms. The Bertz CT molecular complexity index is 1070. The van der Waals surface area contributed by atoms with Crippen LogP contribution in [0.1, 0.15) is 11.1 Å². The molecule has 8 heteroatoms. The van der Waals surface area contributed by atoms with Crippen molar-refractivity contribution in [3.05, 3.63) is 52.7 Å². The van der Waals surface area contributed by atoms with Crippen LogP contribution in [0.2, 0.25) is 5.15 Å². The predicted molar refractivity (Wildman–Crippen MR) is 102 cm³/mol. The molecule has 4 rings (SSSR count). The number of methoxy groups -OCH3 is 1. The number of fused-ring (bicyclic) bond motifs is 3. The maximum absolute atomic E-state index is 12.8. The zero-order chi connectivity index (χ0) is 20.1. The highest BCUT2D eigenvalue weighted by atomic mass is 35.5. The molecular weight excluding hydrogens is 393 g/mol. The van der Waals surface area contributed by atoms with Crippen LogP contribution >= 0.6 is 11.6 Å². The van der Waals surface area contributed by atoms with Gasteiger partial charge in [0.2, 0.25) is 0 Å². The summed E-state index contributed by atoms with van der Waals surface area (Å²) in [5.74, 6) is 0.368. The average molecular weight is 409 g/mol. The van der Waals surface area contributed by atoms with Crippen LogP contribution in [0, 0.1) is 6.92 Å². The molecule has 0 aliphatic carbocycles. The largest absolute Gasteiger partial charge is 0.573 e. The second-order valence-electron chi connectivity index (χ2n) is 6.48. The highest BCUT2D eigenvalue weighted by Gasteiger charge is 2.34. The summed E-state index contributed by atoms with van der Waals surface area (Å²) < 4.78 is 47.8. The van der Waals surface area contributed by atoms with E-state index >= 15 is 0 Å². The first-order valence-corrected chi connectivity index (χ1v) is 8.95. The molecule has 1 aliphatic rings. The van der Waals surface area contributed by atoms with Crippen LogP contribution < -0.4 is 14.4 Å². The van der Waals surface area contributed by atoms with E-state index < -0.39 is 6.36 Å². The second-order valence-corrected chi connectivity index (χ2v) is 6.84. The van der Waals surface area contributed by atoms with E-state index in [1.807, 2.05) is 25.1 Å². The molecule has 0 saturated heterocycles. The van der Waals surface area contributed by atoms with Crippen molar-refractivity contribution in [2.45, 2.75) is 19.7 Å². The van der Waals surface area contributed by atoms with E-state index in [0.29, 0.717) is 18.4 Å². The Balaban J connectivity index is 1.91. The Morgan fingerprint density at radius 1 is 1.18 bits per heavy atom. The van der Waals surface area contributed by atoms with Crippen molar-refractivity contribution in [3.63, 3.8) is 0 Å². The molecular formula is C20H16ClF3N2O2. The monoisotopic (exact) mass is 408 g/mol. The molecule has 146 valence electrons. The fraction of sp³-hybridized carbons (Fsp3) is 0.250. The third-order valence-corrected chi connectivity index (χ3v) is 5.09. The lowest BCUT2D eigenvalue weighted by Gasteiger charge is -2.24. The maximum atomic E-state index is 12.8. The molecule has 0 amide bonds.